The number of aliphatic hydroxyl groups excluding tert-OH is 1. The van der Waals surface area contributed by atoms with Crippen LogP contribution < -0.4 is 32.3 Å². The number of rotatable bonds is 23. The molecule has 2 heterocycles. The number of urea groups is 1. The van der Waals surface area contributed by atoms with Gasteiger partial charge in [0.1, 0.15) is 41.9 Å². The Morgan fingerprint density at radius 1 is 0.874 bits per heavy atom. The molecule has 8 atom stereocenters. The third-order valence-electron chi connectivity index (χ3n) is 15.3. The first-order valence-electron chi connectivity index (χ1n) is 27.9. The minimum absolute atomic E-state index is 0.00837. The highest BCUT2D eigenvalue weighted by atomic mass is 32.2. The van der Waals surface area contributed by atoms with E-state index in [4.69, 9.17) is 19.9 Å². The second-order valence-electron chi connectivity index (χ2n) is 21.8. The van der Waals surface area contributed by atoms with E-state index in [1.807, 2.05) is 0 Å². The fourth-order valence-electron chi connectivity index (χ4n) is 10.5. The van der Waals surface area contributed by atoms with E-state index in [0.717, 1.165) is 30.8 Å². The van der Waals surface area contributed by atoms with Gasteiger partial charge in [-0.2, -0.15) is 11.8 Å². The number of fused-ring (bicyclic) bond motifs is 3. The molecule has 0 unspecified atom stereocenters. The van der Waals surface area contributed by atoms with Crippen LogP contribution in [0.25, 0.3) is 0 Å². The Morgan fingerprint density at radius 3 is 2.07 bits per heavy atom. The molecule has 0 bridgehead atoms. The number of Topliss-reactive ketones (excluding diaryl/α,β-unsaturated/α-hetero) is 1. The number of hydrogen-bond donors (Lipinski definition) is 10. The molecule has 3 aromatic carbocycles. The number of ether oxygens (including phenoxy) is 3. The zero-order chi connectivity index (χ0) is 63.6. The van der Waals surface area contributed by atoms with Crippen molar-refractivity contribution in [1.82, 2.24) is 36.0 Å². The SMILES string of the molecule is C=CC(=O)N1CN(C(=O)C=C)CN(C(=O)CCSCC(=O)N[C@H](C(=O)N[C@@H](CCCNC(N)=O)C(=O)Nc2ccc(COC(=O)N[C@H]3C[C@H](O[C@H]4C[C@](O)(C(C)=O)Cc5c(O)c6c(c(O)c54)C(=O)c4ccccc4C6=O)O[C@@H](C)[C@H]3O)cc2)C(C)C)C1. The number of aliphatic hydroxyl groups is 2. The van der Waals surface area contributed by atoms with Crippen LogP contribution in [-0.4, -0.2) is 180 Å². The molecule has 2 aliphatic carbocycles. The molecule has 11 N–H and O–H groups in total. The molecule has 0 aromatic heterocycles. The van der Waals surface area contributed by atoms with Crippen LogP contribution in [0.5, 0.6) is 11.5 Å². The summed E-state index contributed by atoms with van der Waals surface area (Å²) in [6.45, 7) is 12.5. The highest BCUT2D eigenvalue weighted by molar-refractivity contribution is 7.99. The molecule has 28 heteroatoms. The number of primary amides is 1. The number of nitrogens with one attached hydrogen (secondary N) is 5. The lowest BCUT2D eigenvalue weighted by atomic mass is 9.72. The Morgan fingerprint density at radius 2 is 1.48 bits per heavy atom. The molecule has 0 saturated carbocycles. The molecule has 2 aliphatic heterocycles. The van der Waals surface area contributed by atoms with Crippen molar-refractivity contribution in [3.63, 3.8) is 0 Å². The number of carbonyl (C=O) groups is 11. The zero-order valence-corrected chi connectivity index (χ0v) is 49.1. The second kappa shape index (κ2) is 28.7. The van der Waals surface area contributed by atoms with Crippen molar-refractivity contribution in [3.8, 4) is 11.5 Å². The standard InChI is InChI=1S/C59H71N9O18S/c1-7-42(71)66-27-67(43(72)8-2)29-68(28-66)44(73)19-21-87-26-41(70)65-49(30(3)4)56(80)63-38(14-11-20-61-57(60)81)55(79)62-34-17-15-33(16-18-34)25-84-58(82)64-39-22-45(85-31(5)50(39)74)86-40-24-59(83,32(6)69)23-37-46(40)54(78)48-47(53(37)77)51(75)35-12-9-10-13-36(35)52(48)76/h7-10,12-13,15-18,30-31,38-40,45,49-50,74,77-78,83H,1-2,11,14,19-29H2,3-6H3,(H,62,79)(H,63,80)(H,64,82)(H,65,70)(H3,60,61,81)/t31-,38-,39-,40-,45-,49-,50+,59-/m0/s1. The van der Waals surface area contributed by atoms with Crippen molar-refractivity contribution < 1.29 is 87.4 Å². The minimum Gasteiger partial charge on any atom is -0.507 e. The van der Waals surface area contributed by atoms with Crippen LogP contribution in [0.4, 0.5) is 15.3 Å². The van der Waals surface area contributed by atoms with Gasteiger partial charge < -0.3 is 81.7 Å². The van der Waals surface area contributed by atoms with Crippen molar-refractivity contribution in [3.05, 3.63) is 113 Å². The number of phenols is 2. The largest absolute Gasteiger partial charge is 0.507 e. The number of alkyl carbamates (subject to hydrolysis) is 1. The highest BCUT2D eigenvalue weighted by Crippen LogP contribution is 2.52. The topological polar surface area (TPSA) is 392 Å². The Balaban J connectivity index is 0.925. The number of phenolic OH excluding ortho intramolecular Hbond substituents is 2. The van der Waals surface area contributed by atoms with Crippen LogP contribution in [0.15, 0.2) is 73.8 Å². The lowest BCUT2D eigenvalue weighted by Crippen LogP contribution is -2.59. The number of ketones is 3. The predicted molar refractivity (Wildman–Crippen MR) is 311 cm³/mol. The molecule has 4 aliphatic rings. The van der Waals surface area contributed by atoms with Crippen LogP contribution in [0, 0.1) is 5.92 Å². The fourth-order valence-corrected chi connectivity index (χ4v) is 11.2. The van der Waals surface area contributed by atoms with Gasteiger partial charge in [0.25, 0.3) is 0 Å². The highest BCUT2D eigenvalue weighted by Gasteiger charge is 2.49. The van der Waals surface area contributed by atoms with Crippen molar-refractivity contribution in [1.29, 1.82) is 0 Å². The molecule has 0 spiro atoms. The summed E-state index contributed by atoms with van der Waals surface area (Å²) in [6.07, 6.45) is -4.92. The quantitative estimate of drug-likeness (QED) is 0.0288. The Hall–Kier alpha value is -8.70. The van der Waals surface area contributed by atoms with E-state index in [1.54, 1.807) is 26.0 Å². The molecule has 7 rings (SSSR count). The monoisotopic (exact) mass is 1230 g/mol. The second-order valence-corrected chi connectivity index (χ2v) is 22.9. The molecule has 87 heavy (non-hydrogen) atoms. The lowest BCUT2D eigenvalue weighted by molar-refractivity contribution is -0.249. The average Bonchev–Trinajstić information content (AvgIpc) is 0.771. The van der Waals surface area contributed by atoms with Gasteiger partial charge >= 0.3 is 12.1 Å². The number of anilines is 1. The lowest BCUT2D eigenvalue weighted by Gasteiger charge is -2.42. The molecule has 3 aromatic rings. The van der Waals surface area contributed by atoms with Gasteiger partial charge in [0.15, 0.2) is 23.6 Å². The molecule has 466 valence electrons. The van der Waals surface area contributed by atoms with Gasteiger partial charge in [-0.3, -0.25) is 43.2 Å². The molecule has 0 radical (unpaired) electrons. The summed E-state index contributed by atoms with van der Waals surface area (Å²) in [6, 6.07) is 7.83. The zero-order valence-electron chi connectivity index (χ0n) is 48.3. The third kappa shape index (κ3) is 15.7. The summed E-state index contributed by atoms with van der Waals surface area (Å²) < 4.78 is 17.7. The summed E-state index contributed by atoms with van der Waals surface area (Å²) in [4.78, 5) is 147. The van der Waals surface area contributed by atoms with Crippen LogP contribution in [0.1, 0.15) is 114 Å². The summed E-state index contributed by atoms with van der Waals surface area (Å²) >= 11 is 1.12. The normalized spacial score (nSPS) is 21.2. The smallest absolute Gasteiger partial charge is 0.407 e. The summed E-state index contributed by atoms with van der Waals surface area (Å²) in [5.41, 5.74) is 2.46. The minimum atomic E-state index is -2.17. The number of nitrogens with two attached hydrogens (primary N) is 1. The Bertz CT molecular complexity index is 3200. The number of benzene rings is 3. The average molecular weight is 1230 g/mol. The summed E-state index contributed by atoms with van der Waals surface area (Å²) in [7, 11) is 0. The Kier molecular flexibility index (Phi) is 21.7. The number of carbonyl (C=O) groups excluding carboxylic acids is 11. The van der Waals surface area contributed by atoms with Crippen molar-refractivity contribution in [2.45, 2.75) is 121 Å². The maximum Gasteiger partial charge on any atom is 0.407 e. The van der Waals surface area contributed by atoms with Gasteiger partial charge in [0, 0.05) is 65.9 Å². The number of nitrogens with zero attached hydrogens (tertiary/aromatic N) is 3. The van der Waals surface area contributed by atoms with Gasteiger partial charge in [-0.25, -0.2) is 9.59 Å². The van der Waals surface area contributed by atoms with Gasteiger partial charge in [0.2, 0.25) is 35.4 Å². The molecule has 9 amide bonds. The van der Waals surface area contributed by atoms with E-state index < -0.39 is 149 Å². The van der Waals surface area contributed by atoms with Crippen molar-refractivity contribution in [2.75, 3.05) is 43.4 Å². The number of amides is 9. The van der Waals surface area contributed by atoms with E-state index in [1.165, 1.54) is 58.0 Å². The molecular weight excluding hydrogens is 1150 g/mol. The van der Waals surface area contributed by atoms with Crippen molar-refractivity contribution >= 4 is 82.4 Å². The number of thioether (sulfide) groups is 1. The van der Waals surface area contributed by atoms with Crippen LogP contribution >= 0.6 is 11.8 Å². The maximum absolute atomic E-state index is 13.8. The fraction of sp³-hybridized carbons (Fsp3) is 0.441. The molecule has 27 nitrogen and oxygen atoms in total. The van der Waals surface area contributed by atoms with Gasteiger partial charge in [-0.15, -0.1) is 0 Å². The van der Waals surface area contributed by atoms with Crippen LogP contribution in [-0.2, 0) is 60.8 Å². The molecule has 2 saturated heterocycles. The van der Waals surface area contributed by atoms with Gasteiger partial charge in [-0.1, -0.05) is 63.4 Å². The van der Waals surface area contributed by atoms with E-state index in [2.05, 4.69) is 39.7 Å². The maximum atomic E-state index is 13.8. The first-order chi connectivity index (χ1) is 41.2. The number of aromatic hydroxyl groups is 2. The molecule has 2 fully saturated rings. The Labute approximate surface area is 504 Å². The van der Waals surface area contributed by atoms with Crippen molar-refractivity contribution in [2.24, 2.45) is 11.7 Å². The van der Waals surface area contributed by atoms with Crippen LogP contribution in [0.2, 0.25) is 0 Å². The predicted octanol–water partition coefficient (Wildman–Crippen LogP) is 1.87. The van der Waals surface area contributed by atoms with Gasteiger partial charge in [0.05, 0.1) is 55.1 Å². The van der Waals surface area contributed by atoms with Gasteiger partial charge in [-0.05, 0) is 62.5 Å². The van der Waals surface area contributed by atoms with E-state index in [-0.39, 0.29) is 104 Å². The van der Waals surface area contributed by atoms with E-state index in [0.29, 0.717) is 5.56 Å². The first kappa shape index (κ1) is 65.8. The van der Waals surface area contributed by atoms with E-state index >= 15 is 0 Å². The summed E-state index contributed by atoms with van der Waals surface area (Å²) in [5, 5.41) is 59.3. The summed E-state index contributed by atoms with van der Waals surface area (Å²) in [5.74, 6) is -7.20. The number of hydrogen-bond acceptors (Lipinski definition) is 19. The first-order valence-corrected chi connectivity index (χ1v) is 29.1. The van der Waals surface area contributed by atoms with E-state index in [9.17, 15) is 73.2 Å². The van der Waals surface area contributed by atoms with Crippen LogP contribution in [0.3, 0.4) is 0 Å². The third-order valence-corrected chi connectivity index (χ3v) is 16.2. The molecular formula is C59H71N9O18S.